The number of nitrogens with two attached hydrogens (primary N) is 1. The number of sulfonamides is 1. The lowest BCUT2D eigenvalue weighted by molar-refractivity contribution is 0.600. The minimum Gasteiger partial charge on any atom is -0.309 e. The highest BCUT2D eigenvalue weighted by atomic mass is 32.2. The number of hydrogen-bond donors (Lipinski definition) is 2. The van der Waals surface area contributed by atoms with E-state index >= 15 is 0 Å². The Bertz CT molecular complexity index is 418. The monoisotopic (exact) mass is 232 g/mol. The predicted molar refractivity (Wildman–Crippen MR) is 55.7 cm³/mol. The van der Waals surface area contributed by atoms with Gasteiger partial charge in [0.2, 0.25) is 10.0 Å². The molecule has 1 unspecified atom stereocenters. The van der Waals surface area contributed by atoms with E-state index < -0.39 is 10.0 Å². The molecule has 1 atom stereocenters. The molecule has 2 heterocycles. The summed E-state index contributed by atoms with van der Waals surface area (Å²) in [6.45, 7) is 1.01. The zero-order valence-corrected chi connectivity index (χ0v) is 9.20. The van der Waals surface area contributed by atoms with Crippen LogP contribution in [0, 0.1) is 0 Å². The lowest BCUT2D eigenvalue weighted by Gasteiger charge is -2.05. The van der Waals surface area contributed by atoms with E-state index in [4.69, 9.17) is 5.14 Å². The van der Waals surface area contributed by atoms with Gasteiger partial charge in [-0.3, -0.25) is 0 Å². The maximum absolute atomic E-state index is 11.0. The van der Waals surface area contributed by atoms with Crippen molar-refractivity contribution in [1.82, 2.24) is 5.32 Å². The second-order valence-electron chi connectivity index (χ2n) is 3.35. The Kier molecular flexibility index (Phi) is 2.61. The van der Waals surface area contributed by atoms with Crippen molar-refractivity contribution < 1.29 is 8.42 Å². The van der Waals surface area contributed by atoms with E-state index in [1.807, 2.05) is 6.07 Å². The lowest BCUT2D eigenvalue weighted by atomic mass is 10.2. The number of rotatable bonds is 2. The summed E-state index contributed by atoms with van der Waals surface area (Å²) in [7, 11) is -3.52. The second kappa shape index (κ2) is 3.62. The molecule has 0 spiro atoms. The van der Waals surface area contributed by atoms with Gasteiger partial charge in [0, 0.05) is 10.9 Å². The Hall–Kier alpha value is -0.430. The molecular formula is C8H12N2O2S2. The van der Waals surface area contributed by atoms with Crippen LogP contribution in [0.15, 0.2) is 16.3 Å². The van der Waals surface area contributed by atoms with E-state index in [0.29, 0.717) is 6.04 Å². The van der Waals surface area contributed by atoms with E-state index in [-0.39, 0.29) is 4.21 Å². The molecule has 0 bridgehead atoms. The van der Waals surface area contributed by atoms with Crippen molar-refractivity contribution in [3.8, 4) is 0 Å². The van der Waals surface area contributed by atoms with Crippen LogP contribution in [-0.2, 0) is 10.0 Å². The molecule has 0 aromatic carbocycles. The molecule has 1 aliphatic heterocycles. The van der Waals surface area contributed by atoms with Crippen molar-refractivity contribution in [3.05, 3.63) is 17.0 Å². The average Bonchev–Trinajstić information content (AvgIpc) is 2.73. The van der Waals surface area contributed by atoms with Crippen molar-refractivity contribution in [2.24, 2.45) is 5.14 Å². The van der Waals surface area contributed by atoms with Crippen LogP contribution < -0.4 is 10.5 Å². The van der Waals surface area contributed by atoms with E-state index in [0.717, 1.165) is 24.3 Å². The SMILES string of the molecule is NS(=O)(=O)c1ccc(C2CCCN2)s1. The molecule has 0 saturated carbocycles. The normalized spacial score (nSPS) is 22.8. The van der Waals surface area contributed by atoms with Crippen LogP contribution >= 0.6 is 11.3 Å². The molecule has 0 amide bonds. The molecule has 78 valence electrons. The smallest absolute Gasteiger partial charge is 0.247 e. The number of primary sulfonamides is 1. The van der Waals surface area contributed by atoms with Crippen LogP contribution in [0.25, 0.3) is 0 Å². The van der Waals surface area contributed by atoms with Gasteiger partial charge < -0.3 is 5.32 Å². The van der Waals surface area contributed by atoms with Gasteiger partial charge in [0.1, 0.15) is 4.21 Å². The third kappa shape index (κ3) is 1.98. The first kappa shape index (κ1) is 10.1. The van der Waals surface area contributed by atoms with Crippen molar-refractivity contribution in [2.75, 3.05) is 6.54 Å². The first-order valence-corrected chi connectivity index (χ1v) is 6.79. The third-order valence-electron chi connectivity index (χ3n) is 2.29. The summed E-state index contributed by atoms with van der Waals surface area (Å²) in [4.78, 5) is 1.06. The number of nitrogens with one attached hydrogen (secondary N) is 1. The van der Waals surface area contributed by atoms with Gasteiger partial charge in [-0.05, 0) is 31.5 Å². The Morgan fingerprint density at radius 3 is 2.79 bits per heavy atom. The minimum atomic E-state index is -3.52. The molecular weight excluding hydrogens is 220 g/mol. The van der Waals surface area contributed by atoms with Gasteiger partial charge in [-0.1, -0.05) is 0 Å². The van der Waals surface area contributed by atoms with E-state index in [2.05, 4.69) is 5.32 Å². The van der Waals surface area contributed by atoms with Gasteiger partial charge in [-0.2, -0.15) is 0 Å². The second-order valence-corrected chi connectivity index (χ2v) is 6.25. The Balaban J connectivity index is 2.25. The van der Waals surface area contributed by atoms with Crippen molar-refractivity contribution in [3.63, 3.8) is 0 Å². The predicted octanol–water partition coefficient (Wildman–Crippen LogP) is 0.820. The third-order valence-corrected chi connectivity index (χ3v) is 4.92. The molecule has 4 nitrogen and oxygen atoms in total. The van der Waals surface area contributed by atoms with Gasteiger partial charge in [0.15, 0.2) is 0 Å². The standard InChI is InChI=1S/C8H12N2O2S2/c9-14(11,12)8-4-3-7(13-8)6-2-1-5-10-6/h3-4,6,10H,1-2,5H2,(H2,9,11,12). The lowest BCUT2D eigenvalue weighted by Crippen LogP contribution is -2.11. The fourth-order valence-electron chi connectivity index (χ4n) is 1.60. The van der Waals surface area contributed by atoms with Crippen LogP contribution in [0.4, 0.5) is 0 Å². The summed E-state index contributed by atoms with van der Waals surface area (Å²) in [5.74, 6) is 0. The summed E-state index contributed by atoms with van der Waals surface area (Å²) in [6, 6.07) is 3.73. The van der Waals surface area contributed by atoms with Gasteiger partial charge in [0.25, 0.3) is 0 Å². The van der Waals surface area contributed by atoms with Crippen LogP contribution in [0.5, 0.6) is 0 Å². The summed E-state index contributed by atoms with van der Waals surface area (Å²) in [5, 5.41) is 8.34. The highest BCUT2D eigenvalue weighted by Crippen LogP contribution is 2.30. The number of hydrogen-bond acceptors (Lipinski definition) is 4. The summed E-state index contributed by atoms with van der Waals surface area (Å²) >= 11 is 1.26. The molecule has 1 aromatic rings. The van der Waals surface area contributed by atoms with Gasteiger partial charge >= 0.3 is 0 Å². The Morgan fingerprint density at radius 1 is 1.50 bits per heavy atom. The van der Waals surface area contributed by atoms with Gasteiger partial charge in [-0.15, -0.1) is 11.3 Å². The van der Waals surface area contributed by atoms with Gasteiger partial charge in [-0.25, -0.2) is 13.6 Å². The van der Waals surface area contributed by atoms with E-state index in [1.54, 1.807) is 6.07 Å². The largest absolute Gasteiger partial charge is 0.309 e. The minimum absolute atomic E-state index is 0.251. The summed E-state index contributed by atoms with van der Waals surface area (Å²) in [6.07, 6.45) is 2.22. The topological polar surface area (TPSA) is 72.2 Å². The van der Waals surface area contributed by atoms with Crippen LogP contribution in [0.1, 0.15) is 23.8 Å². The molecule has 1 fully saturated rings. The van der Waals surface area contributed by atoms with E-state index in [1.165, 1.54) is 11.3 Å². The molecule has 1 saturated heterocycles. The first-order chi connectivity index (χ1) is 6.57. The first-order valence-electron chi connectivity index (χ1n) is 4.43. The maximum Gasteiger partial charge on any atom is 0.247 e. The van der Waals surface area contributed by atoms with Crippen LogP contribution in [0.2, 0.25) is 0 Å². The Morgan fingerprint density at radius 2 is 2.29 bits per heavy atom. The number of thiophene rings is 1. The van der Waals surface area contributed by atoms with Crippen LogP contribution in [0.3, 0.4) is 0 Å². The highest BCUT2D eigenvalue weighted by molar-refractivity contribution is 7.91. The van der Waals surface area contributed by atoms with Crippen molar-refractivity contribution in [1.29, 1.82) is 0 Å². The zero-order valence-electron chi connectivity index (χ0n) is 7.56. The molecule has 0 radical (unpaired) electrons. The molecule has 2 rings (SSSR count). The highest BCUT2D eigenvalue weighted by Gasteiger charge is 2.20. The van der Waals surface area contributed by atoms with Crippen molar-refractivity contribution in [2.45, 2.75) is 23.1 Å². The fraction of sp³-hybridized carbons (Fsp3) is 0.500. The van der Waals surface area contributed by atoms with Gasteiger partial charge in [0.05, 0.1) is 0 Å². The fourth-order valence-corrected chi connectivity index (χ4v) is 3.46. The molecule has 1 aromatic heterocycles. The zero-order chi connectivity index (χ0) is 10.2. The quantitative estimate of drug-likeness (QED) is 0.793. The molecule has 6 heteroatoms. The Labute approximate surface area is 87.2 Å². The average molecular weight is 232 g/mol. The van der Waals surface area contributed by atoms with Crippen LogP contribution in [-0.4, -0.2) is 15.0 Å². The summed E-state index contributed by atoms with van der Waals surface area (Å²) in [5.41, 5.74) is 0. The molecule has 0 aliphatic carbocycles. The molecule has 1 aliphatic rings. The molecule has 14 heavy (non-hydrogen) atoms. The van der Waals surface area contributed by atoms with E-state index in [9.17, 15) is 8.42 Å². The maximum atomic E-state index is 11.0. The van der Waals surface area contributed by atoms with Crippen molar-refractivity contribution >= 4 is 21.4 Å². The summed E-state index contributed by atoms with van der Waals surface area (Å²) < 4.78 is 22.3. The molecule has 3 N–H and O–H groups in total.